The molecule has 0 spiro atoms. The number of methoxy groups -OCH3 is 1. The molecule has 6 heteroatoms. The molecule has 1 unspecified atom stereocenters. The fraction of sp³-hybridized carbons (Fsp3) is 0.308. The minimum Gasteiger partial charge on any atom is -0.468 e. The predicted octanol–water partition coefficient (Wildman–Crippen LogP) is 1.28. The molecule has 0 aliphatic carbocycles. The summed E-state index contributed by atoms with van der Waals surface area (Å²) in [6, 6.07) is 6.96. The van der Waals surface area contributed by atoms with Crippen molar-refractivity contribution in [2.24, 2.45) is 0 Å². The summed E-state index contributed by atoms with van der Waals surface area (Å²) in [7, 11) is 1.29. The number of carbonyl (C=O) groups is 1. The van der Waals surface area contributed by atoms with E-state index < -0.39 is 11.4 Å². The zero-order chi connectivity index (χ0) is 14.0. The van der Waals surface area contributed by atoms with Gasteiger partial charge in [0.15, 0.2) is 0 Å². The van der Waals surface area contributed by atoms with Crippen molar-refractivity contribution in [3.8, 4) is 0 Å². The topological polar surface area (TPSA) is 72.0 Å². The lowest BCUT2D eigenvalue weighted by Gasteiger charge is -2.23. The van der Waals surface area contributed by atoms with Crippen LogP contribution in [0.25, 0.3) is 10.9 Å². The first-order valence-corrected chi connectivity index (χ1v) is 6.35. The van der Waals surface area contributed by atoms with Gasteiger partial charge in [-0.25, -0.2) is 4.98 Å². The first kappa shape index (κ1) is 13.6. The molecular formula is C13H14N2O3S. The molecule has 1 aromatic heterocycles. The van der Waals surface area contributed by atoms with Crippen LogP contribution < -0.4 is 5.56 Å². The zero-order valence-electron chi connectivity index (χ0n) is 10.6. The molecule has 0 bridgehead atoms. The van der Waals surface area contributed by atoms with E-state index in [2.05, 4.69) is 22.6 Å². The van der Waals surface area contributed by atoms with Gasteiger partial charge in [-0.1, -0.05) is 12.1 Å². The number of ether oxygens (including phenoxy) is 1. The smallest absolute Gasteiger partial charge is 0.320 e. The molecule has 2 aromatic rings. The van der Waals surface area contributed by atoms with E-state index in [0.29, 0.717) is 10.9 Å². The van der Waals surface area contributed by atoms with Crippen molar-refractivity contribution < 1.29 is 9.53 Å². The van der Waals surface area contributed by atoms with Gasteiger partial charge < -0.3 is 9.72 Å². The quantitative estimate of drug-likeness (QED) is 0.655. The van der Waals surface area contributed by atoms with E-state index in [1.165, 1.54) is 7.11 Å². The van der Waals surface area contributed by atoms with E-state index in [1.807, 2.05) is 0 Å². The highest BCUT2D eigenvalue weighted by atomic mass is 32.1. The van der Waals surface area contributed by atoms with Gasteiger partial charge in [-0.05, 0) is 19.1 Å². The van der Waals surface area contributed by atoms with Gasteiger partial charge in [0.05, 0.1) is 18.0 Å². The van der Waals surface area contributed by atoms with Crippen LogP contribution in [0.5, 0.6) is 0 Å². The second-order valence-corrected chi connectivity index (χ2v) is 4.73. The van der Waals surface area contributed by atoms with Gasteiger partial charge in [0, 0.05) is 5.75 Å². The Balaban J connectivity index is 2.69. The third kappa shape index (κ3) is 2.23. The van der Waals surface area contributed by atoms with E-state index in [9.17, 15) is 9.59 Å². The number of hydrogen-bond donors (Lipinski definition) is 2. The van der Waals surface area contributed by atoms with Crippen molar-refractivity contribution in [1.82, 2.24) is 9.97 Å². The molecule has 0 saturated carbocycles. The number of nitrogens with zero attached hydrogens (tertiary/aromatic N) is 1. The van der Waals surface area contributed by atoms with Crippen molar-refractivity contribution in [3.63, 3.8) is 0 Å². The van der Waals surface area contributed by atoms with Crippen LogP contribution in [-0.4, -0.2) is 28.8 Å². The number of nitrogens with one attached hydrogen (secondary N) is 1. The van der Waals surface area contributed by atoms with E-state index in [-0.39, 0.29) is 17.1 Å². The van der Waals surface area contributed by atoms with Gasteiger partial charge in [0.2, 0.25) is 0 Å². The fourth-order valence-corrected chi connectivity index (χ4v) is 2.09. The van der Waals surface area contributed by atoms with Crippen LogP contribution in [0, 0.1) is 0 Å². The third-order valence-electron chi connectivity index (χ3n) is 3.09. The Morgan fingerprint density at radius 3 is 2.79 bits per heavy atom. The molecule has 5 nitrogen and oxygen atoms in total. The molecule has 0 aliphatic heterocycles. The predicted molar refractivity (Wildman–Crippen MR) is 75.6 cm³/mol. The summed E-state index contributed by atoms with van der Waals surface area (Å²) in [6.07, 6.45) is 0. The minimum absolute atomic E-state index is 0.182. The Labute approximate surface area is 115 Å². The Bertz CT molecular complexity index is 683. The lowest BCUT2D eigenvalue weighted by Crippen LogP contribution is -2.39. The van der Waals surface area contributed by atoms with Gasteiger partial charge in [-0.3, -0.25) is 9.59 Å². The summed E-state index contributed by atoms with van der Waals surface area (Å²) in [5.41, 5.74) is -0.822. The number of aromatic amines is 1. The summed E-state index contributed by atoms with van der Waals surface area (Å²) in [6.45, 7) is 1.64. The number of thiol groups is 1. The number of para-hydroxylation sites is 1. The summed E-state index contributed by atoms with van der Waals surface area (Å²) in [5.74, 6) is -0.0417. The normalized spacial score (nSPS) is 14.1. The van der Waals surface area contributed by atoms with E-state index in [0.717, 1.165) is 0 Å². The van der Waals surface area contributed by atoms with Crippen molar-refractivity contribution in [1.29, 1.82) is 0 Å². The molecule has 19 heavy (non-hydrogen) atoms. The number of benzene rings is 1. The summed E-state index contributed by atoms with van der Waals surface area (Å²) in [4.78, 5) is 30.9. The monoisotopic (exact) mass is 278 g/mol. The number of rotatable bonds is 3. The molecule has 0 amide bonds. The molecule has 100 valence electrons. The first-order chi connectivity index (χ1) is 9.02. The van der Waals surface area contributed by atoms with Crippen LogP contribution in [0.1, 0.15) is 12.7 Å². The number of fused-ring (bicyclic) bond motifs is 1. The molecule has 0 fully saturated rings. The molecular weight excluding hydrogens is 264 g/mol. The van der Waals surface area contributed by atoms with Crippen LogP contribution in [0.3, 0.4) is 0 Å². The van der Waals surface area contributed by atoms with Crippen LogP contribution in [-0.2, 0) is 14.9 Å². The number of aromatic nitrogens is 2. The molecule has 1 N–H and O–H groups in total. The van der Waals surface area contributed by atoms with E-state index in [4.69, 9.17) is 4.74 Å². The Morgan fingerprint density at radius 2 is 2.16 bits per heavy atom. The van der Waals surface area contributed by atoms with Gasteiger partial charge in [-0.15, -0.1) is 0 Å². The molecule has 2 rings (SSSR count). The number of esters is 1. The minimum atomic E-state index is -1.08. The average Bonchev–Trinajstić information content (AvgIpc) is 2.45. The van der Waals surface area contributed by atoms with Crippen molar-refractivity contribution in [3.05, 3.63) is 40.4 Å². The second kappa shape index (κ2) is 5.05. The van der Waals surface area contributed by atoms with E-state index >= 15 is 0 Å². The third-order valence-corrected chi connectivity index (χ3v) is 3.72. The fourth-order valence-electron chi connectivity index (χ4n) is 1.81. The van der Waals surface area contributed by atoms with Gasteiger partial charge in [-0.2, -0.15) is 12.6 Å². The lowest BCUT2D eigenvalue weighted by molar-refractivity contribution is -0.146. The Kier molecular flexibility index (Phi) is 3.61. The van der Waals surface area contributed by atoms with Crippen molar-refractivity contribution in [2.45, 2.75) is 12.3 Å². The van der Waals surface area contributed by atoms with E-state index in [1.54, 1.807) is 31.2 Å². The molecule has 0 radical (unpaired) electrons. The van der Waals surface area contributed by atoms with Crippen LogP contribution in [0.4, 0.5) is 0 Å². The summed E-state index contributed by atoms with van der Waals surface area (Å²) in [5, 5.41) is 0.484. The zero-order valence-corrected chi connectivity index (χ0v) is 11.5. The number of H-pyrrole nitrogens is 1. The lowest BCUT2D eigenvalue weighted by atomic mass is 9.92. The average molecular weight is 278 g/mol. The van der Waals surface area contributed by atoms with Crippen LogP contribution in [0.2, 0.25) is 0 Å². The molecule has 1 atom stereocenters. The van der Waals surface area contributed by atoms with Crippen molar-refractivity contribution in [2.75, 3.05) is 12.9 Å². The maximum absolute atomic E-state index is 12.0. The van der Waals surface area contributed by atoms with Crippen LogP contribution in [0.15, 0.2) is 29.1 Å². The number of hydrogen-bond acceptors (Lipinski definition) is 5. The van der Waals surface area contributed by atoms with Crippen molar-refractivity contribution >= 4 is 29.5 Å². The first-order valence-electron chi connectivity index (χ1n) is 5.71. The molecule has 0 saturated heterocycles. The highest BCUT2D eigenvalue weighted by Gasteiger charge is 2.38. The highest BCUT2D eigenvalue weighted by molar-refractivity contribution is 7.80. The Morgan fingerprint density at radius 1 is 1.47 bits per heavy atom. The molecule has 0 aliphatic rings. The standard InChI is InChI=1S/C13H14N2O3S/c1-13(7-19,12(17)18-2)11-14-9-6-4-3-5-8(9)10(16)15-11/h3-6,19H,7H2,1-2H3,(H,14,15,16). The summed E-state index contributed by atoms with van der Waals surface area (Å²) < 4.78 is 4.76. The maximum Gasteiger partial charge on any atom is 0.320 e. The molecule has 1 aromatic carbocycles. The van der Waals surface area contributed by atoms with Gasteiger partial charge >= 0.3 is 5.97 Å². The largest absolute Gasteiger partial charge is 0.468 e. The second-order valence-electron chi connectivity index (χ2n) is 4.41. The SMILES string of the molecule is COC(=O)C(C)(CS)c1nc2ccccc2c(=O)[nH]1. The Hall–Kier alpha value is -1.82. The van der Waals surface area contributed by atoms with Gasteiger partial charge in [0.25, 0.3) is 5.56 Å². The highest BCUT2D eigenvalue weighted by Crippen LogP contribution is 2.24. The molecule has 1 heterocycles. The van der Waals surface area contributed by atoms with Gasteiger partial charge in [0.1, 0.15) is 11.2 Å². The summed E-state index contributed by atoms with van der Waals surface area (Å²) >= 11 is 4.17. The van der Waals surface area contributed by atoms with Crippen LogP contribution >= 0.6 is 12.6 Å². The maximum atomic E-state index is 12.0. The number of carbonyl (C=O) groups excluding carboxylic acids is 1.